The smallest absolute Gasteiger partial charge is 0.101 e. The van der Waals surface area contributed by atoms with E-state index in [2.05, 4.69) is 31.3 Å². The lowest BCUT2D eigenvalue weighted by Gasteiger charge is -2.14. The molecule has 2 rings (SSSR count). The van der Waals surface area contributed by atoms with Gasteiger partial charge in [0, 0.05) is 11.4 Å². The molecule has 0 spiro atoms. The van der Waals surface area contributed by atoms with Crippen molar-refractivity contribution in [1.29, 1.82) is 5.26 Å². The number of hydrogen-bond donors (Lipinski definition) is 1. The van der Waals surface area contributed by atoms with Crippen molar-refractivity contribution in [3.05, 3.63) is 58.6 Å². The molecule has 2 aromatic carbocycles. The van der Waals surface area contributed by atoms with Gasteiger partial charge in [0.1, 0.15) is 6.07 Å². The van der Waals surface area contributed by atoms with Gasteiger partial charge in [-0.2, -0.15) is 5.26 Å². The average molecular weight is 271 g/mol. The molecule has 0 bridgehead atoms. The third-order valence-electron chi connectivity index (χ3n) is 2.95. The first-order valence-electron chi connectivity index (χ1n) is 6.17. The van der Waals surface area contributed by atoms with Crippen LogP contribution < -0.4 is 5.32 Å². The SMILES string of the molecule is CC(C)c1ccccc1Nc1ccc(C#N)c(Cl)c1. The van der Waals surface area contributed by atoms with E-state index in [1.165, 1.54) is 5.56 Å². The molecule has 0 saturated heterocycles. The van der Waals surface area contributed by atoms with Gasteiger partial charge in [0.2, 0.25) is 0 Å². The minimum atomic E-state index is 0.442. The zero-order valence-corrected chi connectivity index (χ0v) is 11.7. The fourth-order valence-electron chi connectivity index (χ4n) is 1.95. The van der Waals surface area contributed by atoms with E-state index in [1.807, 2.05) is 24.3 Å². The number of nitrogens with one attached hydrogen (secondary N) is 1. The summed E-state index contributed by atoms with van der Waals surface area (Å²) in [6, 6.07) is 15.6. The Balaban J connectivity index is 2.32. The number of halogens is 1. The summed E-state index contributed by atoms with van der Waals surface area (Å²) in [4.78, 5) is 0. The molecule has 0 fully saturated rings. The summed E-state index contributed by atoms with van der Waals surface area (Å²) in [5, 5.41) is 12.7. The van der Waals surface area contributed by atoms with E-state index in [1.54, 1.807) is 12.1 Å². The van der Waals surface area contributed by atoms with E-state index in [-0.39, 0.29) is 0 Å². The van der Waals surface area contributed by atoms with Gasteiger partial charge in [-0.25, -0.2) is 0 Å². The van der Waals surface area contributed by atoms with Crippen LogP contribution in [0.15, 0.2) is 42.5 Å². The summed E-state index contributed by atoms with van der Waals surface area (Å²) >= 11 is 6.04. The standard InChI is InChI=1S/C16H15ClN2/c1-11(2)14-5-3-4-6-16(14)19-13-8-7-12(10-18)15(17)9-13/h3-9,11,19H,1-2H3. The second-order valence-electron chi connectivity index (χ2n) is 4.67. The molecule has 1 N–H and O–H groups in total. The van der Waals surface area contributed by atoms with Gasteiger partial charge in [0.25, 0.3) is 0 Å². The highest BCUT2D eigenvalue weighted by Crippen LogP contribution is 2.28. The summed E-state index contributed by atoms with van der Waals surface area (Å²) < 4.78 is 0. The van der Waals surface area contributed by atoms with Crippen LogP contribution in [0.3, 0.4) is 0 Å². The number of anilines is 2. The summed E-state index contributed by atoms with van der Waals surface area (Å²) in [6.07, 6.45) is 0. The summed E-state index contributed by atoms with van der Waals surface area (Å²) in [7, 11) is 0. The molecule has 0 aliphatic heterocycles. The van der Waals surface area contributed by atoms with Crippen molar-refractivity contribution in [2.24, 2.45) is 0 Å². The van der Waals surface area contributed by atoms with Gasteiger partial charge in [-0.3, -0.25) is 0 Å². The number of nitriles is 1. The van der Waals surface area contributed by atoms with Crippen LogP contribution in [0.2, 0.25) is 5.02 Å². The Labute approximate surface area is 118 Å². The molecular formula is C16H15ClN2. The Kier molecular flexibility index (Phi) is 4.09. The van der Waals surface area contributed by atoms with Crippen LogP contribution in [0.25, 0.3) is 0 Å². The van der Waals surface area contributed by atoms with E-state index in [0.717, 1.165) is 11.4 Å². The normalized spacial score (nSPS) is 10.3. The van der Waals surface area contributed by atoms with Crippen molar-refractivity contribution >= 4 is 23.0 Å². The molecule has 0 unspecified atom stereocenters. The Bertz CT molecular complexity index is 627. The summed E-state index contributed by atoms with van der Waals surface area (Å²) in [5.41, 5.74) is 3.70. The maximum absolute atomic E-state index is 8.86. The van der Waals surface area contributed by atoms with E-state index >= 15 is 0 Å². The minimum absolute atomic E-state index is 0.442. The van der Waals surface area contributed by atoms with Crippen molar-refractivity contribution < 1.29 is 0 Å². The molecule has 0 amide bonds. The van der Waals surface area contributed by atoms with E-state index in [0.29, 0.717) is 16.5 Å². The molecule has 0 aromatic heterocycles. The van der Waals surface area contributed by atoms with Crippen LogP contribution >= 0.6 is 11.6 Å². The largest absolute Gasteiger partial charge is 0.355 e. The van der Waals surface area contributed by atoms with Crippen LogP contribution in [0, 0.1) is 11.3 Å². The molecule has 0 aliphatic carbocycles. The molecule has 0 radical (unpaired) electrons. The van der Waals surface area contributed by atoms with Crippen LogP contribution in [0.4, 0.5) is 11.4 Å². The van der Waals surface area contributed by atoms with Crippen molar-refractivity contribution in [3.63, 3.8) is 0 Å². The molecule has 0 heterocycles. The Hall–Kier alpha value is -1.98. The van der Waals surface area contributed by atoms with E-state index < -0.39 is 0 Å². The number of hydrogen-bond acceptors (Lipinski definition) is 2. The average Bonchev–Trinajstić information content (AvgIpc) is 2.39. The zero-order valence-electron chi connectivity index (χ0n) is 10.9. The highest BCUT2D eigenvalue weighted by molar-refractivity contribution is 6.32. The number of para-hydroxylation sites is 1. The van der Waals surface area contributed by atoms with Crippen LogP contribution in [-0.4, -0.2) is 0 Å². The fourth-order valence-corrected chi connectivity index (χ4v) is 2.18. The molecular weight excluding hydrogens is 256 g/mol. The van der Waals surface area contributed by atoms with E-state index in [9.17, 15) is 0 Å². The predicted octanol–water partition coefficient (Wildman–Crippen LogP) is 5.08. The Morgan fingerprint density at radius 3 is 2.53 bits per heavy atom. The maximum Gasteiger partial charge on any atom is 0.101 e. The first-order valence-corrected chi connectivity index (χ1v) is 6.55. The molecule has 0 aliphatic rings. The van der Waals surface area contributed by atoms with Gasteiger partial charge in [0.05, 0.1) is 10.6 Å². The van der Waals surface area contributed by atoms with Gasteiger partial charge < -0.3 is 5.32 Å². The van der Waals surface area contributed by atoms with Crippen LogP contribution in [0.1, 0.15) is 30.9 Å². The van der Waals surface area contributed by atoms with Gasteiger partial charge >= 0.3 is 0 Å². The third-order valence-corrected chi connectivity index (χ3v) is 3.26. The monoisotopic (exact) mass is 270 g/mol. The van der Waals surface area contributed by atoms with Gasteiger partial charge in [0.15, 0.2) is 0 Å². The molecule has 96 valence electrons. The molecule has 2 aromatic rings. The molecule has 0 saturated carbocycles. The summed E-state index contributed by atoms with van der Waals surface area (Å²) in [6.45, 7) is 4.32. The lowest BCUT2D eigenvalue weighted by molar-refractivity contribution is 0.869. The predicted molar refractivity (Wildman–Crippen MR) is 80.0 cm³/mol. The minimum Gasteiger partial charge on any atom is -0.355 e. The quantitative estimate of drug-likeness (QED) is 0.844. The third kappa shape index (κ3) is 3.07. The highest BCUT2D eigenvalue weighted by Gasteiger charge is 2.07. The van der Waals surface area contributed by atoms with Crippen LogP contribution in [0.5, 0.6) is 0 Å². The second kappa shape index (κ2) is 5.77. The lowest BCUT2D eigenvalue weighted by atomic mass is 10.0. The van der Waals surface area contributed by atoms with Crippen molar-refractivity contribution in [1.82, 2.24) is 0 Å². The van der Waals surface area contributed by atoms with Crippen molar-refractivity contribution in [2.75, 3.05) is 5.32 Å². The first kappa shape index (κ1) is 13.5. The molecule has 19 heavy (non-hydrogen) atoms. The van der Waals surface area contributed by atoms with Crippen molar-refractivity contribution in [3.8, 4) is 6.07 Å². The molecule has 3 heteroatoms. The summed E-state index contributed by atoms with van der Waals surface area (Å²) in [5.74, 6) is 0.442. The Morgan fingerprint density at radius 1 is 1.16 bits per heavy atom. The number of benzene rings is 2. The number of nitrogens with zero attached hydrogens (tertiary/aromatic N) is 1. The van der Waals surface area contributed by atoms with Gasteiger partial charge in [-0.15, -0.1) is 0 Å². The van der Waals surface area contributed by atoms with Gasteiger partial charge in [-0.05, 0) is 35.7 Å². The Morgan fingerprint density at radius 2 is 1.89 bits per heavy atom. The lowest BCUT2D eigenvalue weighted by Crippen LogP contribution is -1.97. The highest BCUT2D eigenvalue weighted by atomic mass is 35.5. The number of rotatable bonds is 3. The topological polar surface area (TPSA) is 35.8 Å². The maximum atomic E-state index is 8.86. The molecule has 0 atom stereocenters. The zero-order chi connectivity index (χ0) is 13.8. The first-order chi connectivity index (χ1) is 9.11. The second-order valence-corrected chi connectivity index (χ2v) is 5.08. The van der Waals surface area contributed by atoms with Crippen LogP contribution in [-0.2, 0) is 0 Å². The van der Waals surface area contributed by atoms with E-state index in [4.69, 9.17) is 16.9 Å². The van der Waals surface area contributed by atoms with Gasteiger partial charge in [-0.1, -0.05) is 43.6 Å². The molecule has 2 nitrogen and oxygen atoms in total. The van der Waals surface area contributed by atoms with Crippen molar-refractivity contribution in [2.45, 2.75) is 19.8 Å². The fraction of sp³-hybridized carbons (Fsp3) is 0.188.